The summed E-state index contributed by atoms with van der Waals surface area (Å²) in [5.41, 5.74) is 4.62. The number of benzene rings is 2. The quantitative estimate of drug-likeness (QED) is 0.0379. The van der Waals surface area contributed by atoms with E-state index in [4.69, 9.17) is 9.47 Å². The highest BCUT2D eigenvalue weighted by atomic mass is 32.2. The summed E-state index contributed by atoms with van der Waals surface area (Å²) in [5, 5.41) is 22.7. The normalized spacial score (nSPS) is 14.1. The summed E-state index contributed by atoms with van der Waals surface area (Å²) >= 11 is 1.86. The Morgan fingerprint density at radius 1 is 0.908 bits per heavy atom. The Balaban J connectivity index is 0.000000839. The topological polar surface area (TPSA) is 158 Å². The molecule has 5 rings (SSSR count). The first-order chi connectivity index (χ1) is 31.5. The van der Waals surface area contributed by atoms with E-state index in [1.165, 1.54) is 44.2 Å². The third-order valence-corrected chi connectivity index (χ3v) is 12.4. The van der Waals surface area contributed by atoms with Crippen LogP contribution in [0, 0.1) is 17.7 Å². The first-order valence-corrected chi connectivity index (χ1v) is 25.7. The number of aromatic amines is 1. The van der Waals surface area contributed by atoms with Gasteiger partial charge in [0.1, 0.15) is 5.82 Å². The molecular formula is C51H84FN7O5S. The summed E-state index contributed by atoms with van der Waals surface area (Å²) in [5.74, 6) is 4.47. The number of nitrogens with zero attached hydrogens (tertiary/aromatic N) is 1. The van der Waals surface area contributed by atoms with E-state index in [9.17, 15) is 18.8 Å². The van der Waals surface area contributed by atoms with Gasteiger partial charge in [0.2, 0.25) is 11.8 Å². The van der Waals surface area contributed by atoms with E-state index in [2.05, 4.69) is 78.3 Å². The van der Waals surface area contributed by atoms with Crippen molar-refractivity contribution in [3.8, 4) is 22.8 Å². The van der Waals surface area contributed by atoms with Gasteiger partial charge >= 0.3 is 6.03 Å². The number of thioether (sulfide) groups is 1. The van der Waals surface area contributed by atoms with Crippen molar-refractivity contribution in [2.75, 3.05) is 51.0 Å². The molecule has 4 amide bonds. The predicted molar refractivity (Wildman–Crippen MR) is 269 cm³/mol. The second kappa shape index (κ2) is 33.9. The molecule has 0 saturated carbocycles. The fourth-order valence-electron chi connectivity index (χ4n) is 7.50. The summed E-state index contributed by atoms with van der Waals surface area (Å²) in [6.07, 6.45) is 14.2. The van der Waals surface area contributed by atoms with E-state index in [0.29, 0.717) is 86.7 Å². The van der Waals surface area contributed by atoms with Crippen LogP contribution in [0.1, 0.15) is 156 Å². The molecule has 0 radical (unpaired) electrons. The minimum atomic E-state index is -0.315. The molecule has 6 N–H and O–H groups in total. The van der Waals surface area contributed by atoms with Crippen molar-refractivity contribution in [2.45, 2.75) is 157 Å². The van der Waals surface area contributed by atoms with Crippen LogP contribution in [0.2, 0.25) is 0 Å². The number of carbonyl (C=O) groups is 3. The second-order valence-electron chi connectivity index (χ2n) is 16.7. The molecule has 3 aromatic rings. The number of anilines is 2. The molecule has 2 atom stereocenters. The van der Waals surface area contributed by atoms with Gasteiger partial charge < -0.3 is 36.1 Å². The number of carbonyl (C=O) groups excluding carboxylic acids is 3. The molecule has 2 aliphatic rings. The number of ether oxygens (including phenoxy) is 2. The van der Waals surface area contributed by atoms with E-state index in [0.717, 1.165) is 78.5 Å². The lowest BCUT2D eigenvalue weighted by molar-refractivity contribution is -0.121. The maximum atomic E-state index is 13.7. The molecule has 366 valence electrons. The third-order valence-electron chi connectivity index (χ3n) is 11.1. The molecule has 0 spiro atoms. The lowest BCUT2D eigenvalue weighted by Gasteiger charge is -2.20. The van der Waals surface area contributed by atoms with Crippen molar-refractivity contribution in [1.29, 1.82) is 0 Å². The van der Waals surface area contributed by atoms with Crippen LogP contribution in [0.15, 0.2) is 36.4 Å². The number of hydrogen-bond donors (Lipinski definition) is 6. The molecule has 0 bridgehead atoms. The van der Waals surface area contributed by atoms with Crippen molar-refractivity contribution in [3.05, 3.63) is 53.3 Å². The van der Waals surface area contributed by atoms with Crippen LogP contribution in [0.25, 0.3) is 11.3 Å². The van der Waals surface area contributed by atoms with Gasteiger partial charge in [-0.15, -0.1) is 0 Å². The molecule has 2 heterocycles. The van der Waals surface area contributed by atoms with Gasteiger partial charge in [0, 0.05) is 73.3 Å². The smallest absolute Gasteiger partial charge is 0.314 e. The zero-order valence-electron chi connectivity index (χ0n) is 41.3. The fourth-order valence-corrected chi connectivity index (χ4v) is 8.59. The molecule has 12 nitrogen and oxygen atoms in total. The summed E-state index contributed by atoms with van der Waals surface area (Å²) in [4.78, 5) is 35.9. The number of rotatable bonds is 24. The van der Waals surface area contributed by atoms with Crippen molar-refractivity contribution in [2.24, 2.45) is 11.8 Å². The third kappa shape index (κ3) is 22.1. The first kappa shape index (κ1) is 56.7. The molecule has 2 aromatic carbocycles. The monoisotopic (exact) mass is 926 g/mol. The highest BCUT2D eigenvalue weighted by Crippen LogP contribution is 2.44. The minimum absolute atomic E-state index is 0.0122. The van der Waals surface area contributed by atoms with Crippen LogP contribution in [-0.4, -0.2) is 78.9 Å². The Morgan fingerprint density at radius 2 is 1.60 bits per heavy atom. The van der Waals surface area contributed by atoms with E-state index in [-0.39, 0.29) is 23.7 Å². The molecule has 1 aliphatic carbocycles. The van der Waals surface area contributed by atoms with Crippen LogP contribution in [0.3, 0.4) is 0 Å². The number of H-pyrrole nitrogens is 1. The number of nitrogens with one attached hydrogen (secondary N) is 6. The van der Waals surface area contributed by atoms with Gasteiger partial charge in [0.25, 0.3) is 0 Å². The molecule has 65 heavy (non-hydrogen) atoms. The average molecular weight is 926 g/mol. The summed E-state index contributed by atoms with van der Waals surface area (Å²) in [6, 6.07) is 10.1. The number of fused-ring (bicyclic) bond motifs is 3. The number of unbranched alkanes of at least 4 members (excludes halogenated alkanes) is 4. The highest BCUT2D eigenvalue weighted by Gasteiger charge is 2.27. The minimum Gasteiger partial charge on any atom is -0.493 e. The molecule has 1 aromatic heterocycles. The number of urea groups is 1. The SMILES string of the molecule is CC.CCC.CCCCC(CC)C(C)C.COc1cc2c(cc1OCCCCNC(=O)CCCCNC(=O)CCCCC1CNC(=O)NCCS1)-c1[nH]nc(Nc3cccc(F)c3)c1C2. The number of halogens is 1. The van der Waals surface area contributed by atoms with Crippen molar-refractivity contribution >= 4 is 41.1 Å². The standard InChI is InChI=1S/C36H48FN7O5S.C10H22.C3H8.C2H6/c1-48-30-20-24-19-29-34(43-44-35(29)42-26-10-8-9-25(37)21-26)28(24)22-31(30)49-17-7-6-15-39-33(46)13-4-5-14-38-32(45)12-3-2-11-27-23-41-36(47)40-16-18-50-27;1-5-7-8-10(6-2)9(3)4;1-3-2;1-2/h8-10,20-22,27H,2-7,11-19,23H2,1H3,(H,38,45)(H,39,46)(H2,40,41,47)(H2,42,43,44);9-10H,5-8H2,1-4H3;3H2,1-2H3;1-2H3. The molecule has 14 heteroatoms. The predicted octanol–water partition coefficient (Wildman–Crippen LogP) is 11.7. The summed E-state index contributed by atoms with van der Waals surface area (Å²) in [6.45, 7) is 20.5. The van der Waals surface area contributed by atoms with Crippen LogP contribution in [0.5, 0.6) is 11.5 Å². The largest absolute Gasteiger partial charge is 0.493 e. The molecule has 1 saturated heterocycles. The number of amides is 4. The zero-order valence-corrected chi connectivity index (χ0v) is 42.1. The van der Waals surface area contributed by atoms with Crippen LogP contribution in [-0.2, 0) is 16.0 Å². The van der Waals surface area contributed by atoms with Gasteiger partial charge in [-0.3, -0.25) is 14.7 Å². The fraction of sp³-hybridized carbons (Fsp3) is 0.647. The average Bonchev–Trinajstić information content (AvgIpc) is 3.85. The maximum absolute atomic E-state index is 13.7. The highest BCUT2D eigenvalue weighted by molar-refractivity contribution is 7.99. The second-order valence-corrected chi connectivity index (χ2v) is 18.2. The molecular weight excluding hydrogens is 842 g/mol. The Kier molecular flexibility index (Phi) is 29.6. The van der Waals surface area contributed by atoms with E-state index in [1.807, 2.05) is 37.7 Å². The van der Waals surface area contributed by atoms with E-state index in [1.54, 1.807) is 19.2 Å². The van der Waals surface area contributed by atoms with Gasteiger partial charge in [0.15, 0.2) is 17.3 Å². The number of hydrogen-bond acceptors (Lipinski definition) is 8. The lowest BCUT2D eigenvalue weighted by Crippen LogP contribution is -2.42. The lowest BCUT2D eigenvalue weighted by atomic mass is 9.89. The number of methoxy groups -OCH3 is 1. The van der Waals surface area contributed by atoms with Crippen molar-refractivity contribution in [3.63, 3.8) is 0 Å². The van der Waals surface area contributed by atoms with Crippen LogP contribution >= 0.6 is 11.8 Å². The van der Waals surface area contributed by atoms with Crippen LogP contribution < -0.4 is 36.1 Å². The van der Waals surface area contributed by atoms with Crippen molar-refractivity contribution in [1.82, 2.24) is 31.5 Å². The van der Waals surface area contributed by atoms with Gasteiger partial charge in [-0.25, -0.2) is 9.18 Å². The van der Waals surface area contributed by atoms with Gasteiger partial charge in [0.05, 0.1) is 19.4 Å². The Bertz CT molecular complexity index is 1790. The first-order valence-electron chi connectivity index (χ1n) is 24.6. The van der Waals surface area contributed by atoms with E-state index >= 15 is 0 Å². The summed E-state index contributed by atoms with van der Waals surface area (Å²) < 4.78 is 25.4. The molecule has 1 aliphatic heterocycles. The zero-order chi connectivity index (χ0) is 47.8. The Labute approximate surface area is 395 Å². The van der Waals surface area contributed by atoms with Crippen molar-refractivity contribution < 1.29 is 28.2 Å². The Hall–Kier alpha value is -4.46. The molecule has 2 unspecified atom stereocenters. The van der Waals surface area contributed by atoms with E-state index < -0.39 is 0 Å². The van der Waals surface area contributed by atoms with Crippen LogP contribution in [0.4, 0.5) is 20.7 Å². The van der Waals surface area contributed by atoms with Gasteiger partial charge in [-0.1, -0.05) is 100.0 Å². The van der Waals surface area contributed by atoms with Gasteiger partial charge in [-0.2, -0.15) is 16.9 Å². The number of aromatic nitrogens is 2. The van der Waals surface area contributed by atoms with Gasteiger partial charge in [-0.05, 0) is 86.3 Å². The molecule has 1 fully saturated rings. The Morgan fingerprint density at radius 3 is 2.25 bits per heavy atom. The maximum Gasteiger partial charge on any atom is 0.314 e. The summed E-state index contributed by atoms with van der Waals surface area (Å²) in [7, 11) is 1.62.